The van der Waals surface area contributed by atoms with Crippen LogP contribution in [-0.4, -0.2) is 6.61 Å². The van der Waals surface area contributed by atoms with Crippen molar-refractivity contribution in [3.63, 3.8) is 0 Å². The van der Waals surface area contributed by atoms with E-state index in [0.717, 1.165) is 12.0 Å². The van der Waals surface area contributed by atoms with E-state index in [-0.39, 0.29) is 11.9 Å². The molecule has 70 valence electrons. The van der Waals surface area contributed by atoms with Crippen molar-refractivity contribution in [2.75, 3.05) is 6.61 Å². The van der Waals surface area contributed by atoms with Crippen LogP contribution in [0.1, 0.15) is 24.1 Å². The molecule has 0 radical (unpaired) electrons. The molecule has 2 nitrogen and oxygen atoms in total. The van der Waals surface area contributed by atoms with Crippen molar-refractivity contribution < 1.29 is 9.13 Å². The third-order valence-electron chi connectivity index (χ3n) is 2.38. The second-order valence-corrected chi connectivity index (χ2v) is 3.22. The molecule has 1 aliphatic rings. The molecule has 0 aromatic heterocycles. The fraction of sp³-hybridized carbons (Fsp3) is 0.400. The van der Waals surface area contributed by atoms with Crippen molar-refractivity contribution in [2.24, 2.45) is 5.73 Å². The van der Waals surface area contributed by atoms with E-state index in [1.54, 1.807) is 6.07 Å². The smallest absolute Gasteiger partial charge is 0.131 e. The lowest BCUT2D eigenvalue weighted by atomic mass is 10.0. The molecule has 0 fully saturated rings. The number of aryl methyl sites for hydroxylation is 1. The van der Waals surface area contributed by atoms with E-state index in [1.807, 2.05) is 6.92 Å². The molecule has 2 N–H and O–H groups in total. The molecular formula is C10H12FNO. The minimum atomic E-state index is -0.304. The highest BCUT2D eigenvalue weighted by molar-refractivity contribution is 5.46. The highest BCUT2D eigenvalue weighted by Gasteiger charge is 2.26. The van der Waals surface area contributed by atoms with Gasteiger partial charge in [-0.3, -0.25) is 0 Å². The molecule has 0 saturated heterocycles. The Labute approximate surface area is 76.5 Å². The van der Waals surface area contributed by atoms with Gasteiger partial charge in [0.05, 0.1) is 11.6 Å². The number of benzene rings is 1. The molecule has 1 atom stereocenters. The number of halogens is 1. The molecule has 1 aromatic carbocycles. The Bertz CT molecular complexity index is 338. The van der Waals surface area contributed by atoms with E-state index < -0.39 is 0 Å². The zero-order valence-electron chi connectivity index (χ0n) is 7.51. The largest absolute Gasteiger partial charge is 0.491 e. The first-order chi connectivity index (χ1) is 6.24. The maximum atomic E-state index is 13.3. The van der Waals surface area contributed by atoms with Crippen molar-refractivity contribution in [3.8, 4) is 5.75 Å². The average molecular weight is 181 g/mol. The number of nitrogens with two attached hydrogens (primary N) is 1. The van der Waals surface area contributed by atoms with Crippen LogP contribution in [0, 0.1) is 5.82 Å². The predicted molar refractivity (Wildman–Crippen MR) is 48.2 cm³/mol. The second-order valence-electron chi connectivity index (χ2n) is 3.22. The van der Waals surface area contributed by atoms with Crippen molar-refractivity contribution in [3.05, 3.63) is 29.1 Å². The molecule has 0 aliphatic carbocycles. The quantitative estimate of drug-likeness (QED) is 0.716. The Balaban J connectivity index is 2.59. The fourth-order valence-corrected chi connectivity index (χ4v) is 1.67. The van der Waals surface area contributed by atoms with Gasteiger partial charge in [0.1, 0.15) is 18.2 Å². The topological polar surface area (TPSA) is 35.2 Å². The lowest BCUT2D eigenvalue weighted by Crippen LogP contribution is -2.12. The second kappa shape index (κ2) is 3.00. The highest BCUT2D eigenvalue weighted by atomic mass is 19.1. The normalized spacial score (nSPS) is 19.8. The van der Waals surface area contributed by atoms with Crippen LogP contribution in [-0.2, 0) is 6.42 Å². The molecular weight excluding hydrogens is 169 g/mol. The molecule has 0 bridgehead atoms. The van der Waals surface area contributed by atoms with E-state index in [0.29, 0.717) is 17.9 Å². The number of rotatable bonds is 1. The molecule has 1 aromatic rings. The van der Waals surface area contributed by atoms with Gasteiger partial charge in [-0.25, -0.2) is 4.39 Å². The summed E-state index contributed by atoms with van der Waals surface area (Å²) in [4.78, 5) is 0. The maximum Gasteiger partial charge on any atom is 0.131 e. The zero-order chi connectivity index (χ0) is 9.42. The summed E-state index contributed by atoms with van der Waals surface area (Å²) in [5, 5.41) is 0. The van der Waals surface area contributed by atoms with Gasteiger partial charge < -0.3 is 10.5 Å². The molecule has 0 amide bonds. The van der Waals surface area contributed by atoms with Crippen LogP contribution < -0.4 is 10.5 Å². The van der Waals surface area contributed by atoms with E-state index in [9.17, 15) is 4.39 Å². The maximum absolute atomic E-state index is 13.3. The van der Waals surface area contributed by atoms with Crippen LogP contribution in [0.15, 0.2) is 12.1 Å². The molecule has 1 aliphatic heterocycles. The summed E-state index contributed by atoms with van der Waals surface area (Å²) in [7, 11) is 0. The van der Waals surface area contributed by atoms with Gasteiger partial charge >= 0.3 is 0 Å². The Morgan fingerprint density at radius 2 is 2.38 bits per heavy atom. The standard InChI is InChI=1S/C10H12FNO/c1-2-6-3-4-7(11)9-8(12)5-13-10(6)9/h3-4,8H,2,5,12H2,1H3/t8-/m1/s1. The summed E-state index contributed by atoms with van der Waals surface area (Å²) in [6, 6.07) is 2.92. The van der Waals surface area contributed by atoms with Gasteiger partial charge in [0.25, 0.3) is 0 Å². The van der Waals surface area contributed by atoms with Gasteiger partial charge in [-0.05, 0) is 18.1 Å². The summed E-state index contributed by atoms with van der Waals surface area (Å²) >= 11 is 0. The van der Waals surface area contributed by atoms with Crippen LogP contribution in [0.2, 0.25) is 0 Å². The van der Waals surface area contributed by atoms with Gasteiger partial charge in [0, 0.05) is 0 Å². The van der Waals surface area contributed by atoms with Crippen molar-refractivity contribution in [2.45, 2.75) is 19.4 Å². The van der Waals surface area contributed by atoms with E-state index in [2.05, 4.69) is 0 Å². The first-order valence-corrected chi connectivity index (χ1v) is 4.43. The Hall–Kier alpha value is -1.09. The summed E-state index contributed by atoms with van der Waals surface area (Å²) < 4.78 is 18.6. The first-order valence-electron chi connectivity index (χ1n) is 4.43. The van der Waals surface area contributed by atoms with Crippen LogP contribution in [0.25, 0.3) is 0 Å². The predicted octanol–water partition coefficient (Wildman–Crippen LogP) is 1.78. The van der Waals surface area contributed by atoms with E-state index in [4.69, 9.17) is 10.5 Å². The Kier molecular flexibility index (Phi) is 1.96. The van der Waals surface area contributed by atoms with Crippen molar-refractivity contribution in [1.29, 1.82) is 0 Å². The monoisotopic (exact) mass is 181 g/mol. The molecule has 0 saturated carbocycles. The SMILES string of the molecule is CCc1ccc(F)c2c1OC[C@H]2N. The number of hydrogen-bond acceptors (Lipinski definition) is 2. The number of fused-ring (bicyclic) bond motifs is 1. The minimum absolute atomic E-state index is 0.253. The first kappa shape index (κ1) is 8.51. The Morgan fingerprint density at radius 3 is 3.08 bits per heavy atom. The zero-order valence-corrected chi connectivity index (χ0v) is 7.51. The van der Waals surface area contributed by atoms with Crippen molar-refractivity contribution in [1.82, 2.24) is 0 Å². The molecule has 1 heterocycles. The molecule has 13 heavy (non-hydrogen) atoms. The average Bonchev–Trinajstić information content (AvgIpc) is 2.50. The van der Waals surface area contributed by atoms with Crippen LogP contribution in [0.3, 0.4) is 0 Å². The molecule has 0 spiro atoms. The number of hydrogen-bond donors (Lipinski definition) is 1. The molecule has 3 heteroatoms. The molecule has 2 rings (SSSR count). The fourth-order valence-electron chi connectivity index (χ4n) is 1.67. The third-order valence-corrected chi connectivity index (χ3v) is 2.38. The van der Waals surface area contributed by atoms with E-state index >= 15 is 0 Å². The van der Waals surface area contributed by atoms with Gasteiger partial charge in [-0.1, -0.05) is 13.0 Å². The van der Waals surface area contributed by atoms with Crippen LogP contribution in [0.4, 0.5) is 4.39 Å². The molecule has 0 unspecified atom stereocenters. The lowest BCUT2D eigenvalue weighted by molar-refractivity contribution is 0.330. The third kappa shape index (κ3) is 1.20. The minimum Gasteiger partial charge on any atom is -0.491 e. The van der Waals surface area contributed by atoms with E-state index in [1.165, 1.54) is 6.07 Å². The highest BCUT2D eigenvalue weighted by Crippen LogP contribution is 2.36. The summed E-state index contributed by atoms with van der Waals surface area (Å²) in [6.07, 6.45) is 0.843. The van der Waals surface area contributed by atoms with Gasteiger partial charge in [0.15, 0.2) is 0 Å². The summed E-state index contributed by atoms with van der Waals surface area (Å²) in [5.41, 5.74) is 7.28. The van der Waals surface area contributed by atoms with Gasteiger partial charge in [-0.15, -0.1) is 0 Å². The van der Waals surface area contributed by atoms with Crippen LogP contribution in [0.5, 0.6) is 5.75 Å². The van der Waals surface area contributed by atoms with Gasteiger partial charge in [0.2, 0.25) is 0 Å². The van der Waals surface area contributed by atoms with Gasteiger partial charge in [-0.2, -0.15) is 0 Å². The number of ether oxygens (including phenoxy) is 1. The summed E-state index contributed by atoms with van der Waals surface area (Å²) in [6.45, 7) is 2.41. The lowest BCUT2D eigenvalue weighted by Gasteiger charge is -2.06. The van der Waals surface area contributed by atoms with Crippen molar-refractivity contribution >= 4 is 0 Å². The summed E-state index contributed by atoms with van der Waals surface area (Å²) in [5.74, 6) is 0.409. The van der Waals surface area contributed by atoms with Crippen LogP contribution >= 0.6 is 0 Å². The Morgan fingerprint density at radius 1 is 1.62 bits per heavy atom.